The molecule has 2 nitrogen and oxygen atoms in total. The number of hydrogen-bond donors (Lipinski definition) is 2. The van der Waals surface area contributed by atoms with Crippen molar-refractivity contribution in [1.82, 2.24) is 0 Å². The second-order valence-corrected chi connectivity index (χ2v) is 2.46. The fourth-order valence-electron chi connectivity index (χ4n) is 0.878. The van der Waals surface area contributed by atoms with E-state index in [1.807, 2.05) is 0 Å². The molecule has 0 aromatic heterocycles. The second kappa shape index (κ2) is 8.92. The van der Waals surface area contributed by atoms with Crippen LogP contribution in [0.1, 0.15) is 38.5 Å². The molecule has 0 unspecified atom stereocenters. The summed E-state index contributed by atoms with van der Waals surface area (Å²) in [5.74, 6) is 0. The van der Waals surface area contributed by atoms with Crippen LogP contribution in [0.25, 0.3) is 0 Å². The van der Waals surface area contributed by atoms with Crippen LogP contribution in [0.4, 0.5) is 0 Å². The van der Waals surface area contributed by atoms with Crippen LogP contribution in [0.5, 0.6) is 0 Å². The van der Waals surface area contributed by atoms with Crippen molar-refractivity contribution in [2.45, 2.75) is 38.5 Å². The van der Waals surface area contributed by atoms with Gasteiger partial charge in [-0.3, -0.25) is 0 Å². The normalized spacial score (nSPS) is 10.2. The summed E-state index contributed by atoms with van der Waals surface area (Å²) in [7, 11) is 0. The third-order valence-corrected chi connectivity index (χ3v) is 1.49. The molecule has 0 aliphatic carbocycles. The highest BCUT2D eigenvalue weighted by Gasteiger charge is 1.88. The second-order valence-electron chi connectivity index (χ2n) is 2.46. The van der Waals surface area contributed by atoms with Gasteiger partial charge >= 0.3 is 0 Å². The highest BCUT2D eigenvalue weighted by atomic mass is 14.5. The molecule has 0 aliphatic rings. The monoisotopic (exact) mass is 142 g/mol. The smallest absolute Gasteiger partial charge is 0.0192 e. The molecule has 0 heterocycles. The van der Waals surface area contributed by atoms with E-state index < -0.39 is 0 Å². The van der Waals surface area contributed by atoms with E-state index in [0.717, 1.165) is 12.8 Å². The van der Waals surface area contributed by atoms with Crippen LogP contribution < -0.4 is 11.5 Å². The van der Waals surface area contributed by atoms with Crippen molar-refractivity contribution >= 4 is 0 Å². The van der Waals surface area contributed by atoms with Crippen molar-refractivity contribution in [2.24, 2.45) is 11.5 Å². The van der Waals surface area contributed by atoms with Crippen LogP contribution in [-0.4, -0.2) is 0 Å². The minimum Gasteiger partial charge on any atom is -0.326 e. The van der Waals surface area contributed by atoms with Crippen molar-refractivity contribution in [3.63, 3.8) is 0 Å². The average molecular weight is 142 g/mol. The Morgan fingerprint density at radius 3 is 1.40 bits per heavy atom. The molecule has 2 radical (unpaired) electrons. The van der Waals surface area contributed by atoms with Crippen LogP contribution in [0.3, 0.4) is 0 Å². The Kier molecular flexibility index (Phi) is 8.85. The van der Waals surface area contributed by atoms with E-state index >= 15 is 0 Å². The number of nitrogens with two attached hydrogens (primary N) is 2. The van der Waals surface area contributed by atoms with Gasteiger partial charge in [-0.15, -0.1) is 0 Å². The first-order valence-corrected chi connectivity index (χ1v) is 3.98. The van der Waals surface area contributed by atoms with E-state index in [4.69, 9.17) is 11.5 Å². The zero-order valence-corrected chi connectivity index (χ0v) is 6.55. The average Bonchev–Trinajstić information content (AvgIpc) is 1.97. The standard InChI is InChI=1S/C8H18N2/c9-7-5-3-1-2-4-6-8-10/h7-8H,1-6,9-10H2. The first-order valence-electron chi connectivity index (χ1n) is 3.98. The number of hydrogen-bond acceptors (Lipinski definition) is 2. The summed E-state index contributed by atoms with van der Waals surface area (Å²) in [5.41, 5.74) is 10.4. The topological polar surface area (TPSA) is 52.0 Å². The van der Waals surface area contributed by atoms with E-state index in [1.54, 1.807) is 13.1 Å². The third kappa shape index (κ3) is 7.92. The Balaban J connectivity index is 2.65. The van der Waals surface area contributed by atoms with Gasteiger partial charge in [-0.1, -0.05) is 25.7 Å². The summed E-state index contributed by atoms with van der Waals surface area (Å²) < 4.78 is 0. The summed E-state index contributed by atoms with van der Waals surface area (Å²) in [5, 5.41) is 0. The predicted molar refractivity (Wildman–Crippen MR) is 44.7 cm³/mol. The molecular weight excluding hydrogens is 124 g/mol. The highest BCUT2D eigenvalue weighted by molar-refractivity contribution is 4.56. The Labute approximate surface area is 64.0 Å². The minimum atomic E-state index is 1.05. The highest BCUT2D eigenvalue weighted by Crippen LogP contribution is 2.05. The lowest BCUT2D eigenvalue weighted by atomic mass is 10.1. The zero-order chi connectivity index (χ0) is 7.66. The van der Waals surface area contributed by atoms with Crippen molar-refractivity contribution in [1.29, 1.82) is 0 Å². The molecule has 0 saturated carbocycles. The molecule has 0 bridgehead atoms. The van der Waals surface area contributed by atoms with Crippen molar-refractivity contribution in [3.05, 3.63) is 13.1 Å². The van der Waals surface area contributed by atoms with Gasteiger partial charge in [0.05, 0.1) is 0 Å². The van der Waals surface area contributed by atoms with Crippen LogP contribution >= 0.6 is 0 Å². The molecule has 0 atom stereocenters. The van der Waals surface area contributed by atoms with Crippen LogP contribution in [-0.2, 0) is 0 Å². The number of rotatable bonds is 7. The van der Waals surface area contributed by atoms with Gasteiger partial charge in [0.15, 0.2) is 0 Å². The first-order chi connectivity index (χ1) is 4.91. The van der Waals surface area contributed by atoms with Gasteiger partial charge in [0.1, 0.15) is 0 Å². The quantitative estimate of drug-likeness (QED) is 0.530. The number of unbranched alkanes of at least 4 members (excludes halogenated alkanes) is 5. The molecule has 0 aromatic rings. The maximum Gasteiger partial charge on any atom is 0.0192 e. The zero-order valence-electron chi connectivity index (χ0n) is 6.55. The Morgan fingerprint density at radius 2 is 1.10 bits per heavy atom. The first kappa shape index (κ1) is 9.92. The van der Waals surface area contributed by atoms with Crippen molar-refractivity contribution in [2.75, 3.05) is 0 Å². The van der Waals surface area contributed by atoms with Gasteiger partial charge < -0.3 is 11.5 Å². The van der Waals surface area contributed by atoms with E-state index in [9.17, 15) is 0 Å². The SMILES string of the molecule is N[CH]CCCCCC[CH]N. The fourth-order valence-corrected chi connectivity index (χ4v) is 0.878. The maximum absolute atomic E-state index is 5.22. The fraction of sp³-hybridized carbons (Fsp3) is 0.750. The lowest BCUT2D eigenvalue weighted by molar-refractivity contribution is 0.631. The van der Waals surface area contributed by atoms with Gasteiger partial charge in [0, 0.05) is 13.1 Å². The Hall–Kier alpha value is -0.0800. The van der Waals surface area contributed by atoms with Crippen molar-refractivity contribution in [3.8, 4) is 0 Å². The van der Waals surface area contributed by atoms with E-state index in [-0.39, 0.29) is 0 Å². The summed E-state index contributed by atoms with van der Waals surface area (Å²) in [6, 6.07) is 0. The summed E-state index contributed by atoms with van der Waals surface area (Å²) in [6.45, 7) is 3.46. The summed E-state index contributed by atoms with van der Waals surface area (Å²) in [6.07, 6.45) is 7.10. The van der Waals surface area contributed by atoms with Gasteiger partial charge in [0.2, 0.25) is 0 Å². The molecule has 0 amide bonds. The minimum absolute atomic E-state index is 1.05. The van der Waals surface area contributed by atoms with Gasteiger partial charge in [-0.25, -0.2) is 0 Å². The molecule has 4 N–H and O–H groups in total. The van der Waals surface area contributed by atoms with Crippen LogP contribution in [0.15, 0.2) is 0 Å². The molecule has 0 fully saturated rings. The van der Waals surface area contributed by atoms with E-state index in [1.165, 1.54) is 25.7 Å². The molecule has 60 valence electrons. The van der Waals surface area contributed by atoms with Crippen molar-refractivity contribution < 1.29 is 0 Å². The molecule has 0 spiro atoms. The lowest BCUT2D eigenvalue weighted by Crippen LogP contribution is -1.91. The molecule has 10 heavy (non-hydrogen) atoms. The van der Waals surface area contributed by atoms with Crippen LogP contribution in [0, 0.1) is 13.1 Å². The van der Waals surface area contributed by atoms with Gasteiger partial charge in [0.25, 0.3) is 0 Å². The van der Waals surface area contributed by atoms with Crippen LogP contribution in [0.2, 0.25) is 0 Å². The maximum atomic E-state index is 5.22. The summed E-state index contributed by atoms with van der Waals surface area (Å²) >= 11 is 0. The summed E-state index contributed by atoms with van der Waals surface area (Å²) in [4.78, 5) is 0. The molecule has 0 aliphatic heterocycles. The van der Waals surface area contributed by atoms with E-state index in [0.29, 0.717) is 0 Å². The van der Waals surface area contributed by atoms with E-state index in [2.05, 4.69) is 0 Å². The Bertz CT molecular complexity index is 47.2. The molecular formula is C8H18N2. The lowest BCUT2D eigenvalue weighted by Gasteiger charge is -1.97. The molecule has 0 aromatic carbocycles. The predicted octanol–water partition coefficient (Wildman–Crippen LogP) is 1.57. The third-order valence-electron chi connectivity index (χ3n) is 1.49. The molecule has 0 rings (SSSR count). The largest absolute Gasteiger partial charge is 0.326 e. The molecule has 2 heteroatoms. The molecule has 0 saturated heterocycles. The van der Waals surface area contributed by atoms with Gasteiger partial charge in [-0.05, 0) is 12.8 Å². The Morgan fingerprint density at radius 1 is 0.700 bits per heavy atom. The van der Waals surface area contributed by atoms with Gasteiger partial charge in [-0.2, -0.15) is 0 Å².